The molecule has 0 saturated heterocycles. The first-order valence-corrected chi connectivity index (χ1v) is 8.33. The standard InChI is InChI=1S/C12H18BrClN2O2S.ClH/c1-12(2,7-15)8-16(3)19(17,18)11-5-4-9(14)6-10(11)13;/h4-6H,7-8,15H2,1-3H3;1H. The highest BCUT2D eigenvalue weighted by Crippen LogP contribution is 2.28. The molecule has 1 rings (SSSR count). The molecular weight excluding hydrogens is 387 g/mol. The van der Waals surface area contributed by atoms with Crippen molar-refractivity contribution in [3.8, 4) is 0 Å². The van der Waals surface area contributed by atoms with E-state index in [9.17, 15) is 8.42 Å². The first-order valence-electron chi connectivity index (χ1n) is 5.71. The van der Waals surface area contributed by atoms with Crippen molar-refractivity contribution in [1.29, 1.82) is 0 Å². The predicted octanol–water partition coefficient (Wildman–Crippen LogP) is 3.13. The van der Waals surface area contributed by atoms with Crippen LogP contribution in [-0.4, -0.2) is 32.9 Å². The maximum atomic E-state index is 12.5. The van der Waals surface area contributed by atoms with Crippen LogP contribution >= 0.6 is 39.9 Å². The number of sulfonamides is 1. The highest BCUT2D eigenvalue weighted by molar-refractivity contribution is 9.10. The Bertz CT molecular complexity index is 565. The Kier molecular flexibility index (Phi) is 7.48. The van der Waals surface area contributed by atoms with E-state index in [0.29, 0.717) is 22.6 Å². The van der Waals surface area contributed by atoms with Crippen molar-refractivity contribution in [3.05, 3.63) is 27.7 Å². The van der Waals surface area contributed by atoms with Crippen LogP contribution in [0.5, 0.6) is 0 Å². The Morgan fingerprint density at radius 3 is 2.40 bits per heavy atom. The van der Waals surface area contributed by atoms with Gasteiger partial charge in [-0.05, 0) is 46.1 Å². The van der Waals surface area contributed by atoms with Gasteiger partial charge in [0.1, 0.15) is 0 Å². The highest BCUT2D eigenvalue weighted by atomic mass is 79.9. The molecule has 0 atom stereocenters. The molecule has 0 heterocycles. The van der Waals surface area contributed by atoms with Gasteiger partial charge in [-0.15, -0.1) is 12.4 Å². The van der Waals surface area contributed by atoms with Crippen LogP contribution in [0.4, 0.5) is 0 Å². The van der Waals surface area contributed by atoms with Crippen LogP contribution < -0.4 is 5.73 Å². The maximum Gasteiger partial charge on any atom is 0.243 e. The molecule has 2 N–H and O–H groups in total. The van der Waals surface area contributed by atoms with Gasteiger partial charge in [0.05, 0.1) is 4.90 Å². The van der Waals surface area contributed by atoms with Crippen LogP contribution in [0.25, 0.3) is 0 Å². The molecule has 0 unspecified atom stereocenters. The molecule has 0 aliphatic carbocycles. The van der Waals surface area contributed by atoms with Gasteiger partial charge in [0.2, 0.25) is 10.0 Å². The first-order chi connectivity index (χ1) is 8.60. The normalized spacial score (nSPS) is 12.3. The Hall–Kier alpha value is 0.150. The Morgan fingerprint density at radius 2 is 1.95 bits per heavy atom. The van der Waals surface area contributed by atoms with Crippen molar-refractivity contribution in [3.63, 3.8) is 0 Å². The molecule has 0 spiro atoms. The molecule has 4 nitrogen and oxygen atoms in total. The van der Waals surface area contributed by atoms with E-state index < -0.39 is 10.0 Å². The highest BCUT2D eigenvalue weighted by Gasteiger charge is 2.28. The van der Waals surface area contributed by atoms with Gasteiger partial charge in [0.15, 0.2) is 0 Å². The van der Waals surface area contributed by atoms with Gasteiger partial charge in [0.25, 0.3) is 0 Å². The van der Waals surface area contributed by atoms with Gasteiger partial charge in [-0.3, -0.25) is 0 Å². The summed E-state index contributed by atoms with van der Waals surface area (Å²) in [5.41, 5.74) is 5.36. The minimum absolute atomic E-state index is 0. The van der Waals surface area contributed by atoms with Crippen molar-refractivity contribution >= 4 is 50.0 Å². The van der Waals surface area contributed by atoms with Gasteiger partial charge in [-0.25, -0.2) is 12.7 Å². The summed E-state index contributed by atoms with van der Waals surface area (Å²) in [4.78, 5) is 0.201. The largest absolute Gasteiger partial charge is 0.330 e. The molecule has 0 aliphatic heterocycles. The minimum Gasteiger partial charge on any atom is -0.330 e. The first kappa shape index (κ1) is 20.1. The monoisotopic (exact) mass is 404 g/mol. The van der Waals surface area contributed by atoms with E-state index in [-0.39, 0.29) is 22.7 Å². The molecule has 1 aromatic rings. The van der Waals surface area contributed by atoms with E-state index in [1.807, 2.05) is 13.8 Å². The van der Waals surface area contributed by atoms with Crippen LogP contribution in [-0.2, 0) is 10.0 Å². The summed E-state index contributed by atoms with van der Waals surface area (Å²) in [6, 6.07) is 4.62. The van der Waals surface area contributed by atoms with Crippen LogP contribution in [0.15, 0.2) is 27.6 Å². The average molecular weight is 406 g/mol. The molecule has 20 heavy (non-hydrogen) atoms. The van der Waals surface area contributed by atoms with Crippen LogP contribution in [0.3, 0.4) is 0 Å². The smallest absolute Gasteiger partial charge is 0.243 e. The number of hydrogen-bond donors (Lipinski definition) is 1. The zero-order chi connectivity index (χ0) is 14.8. The summed E-state index contributed by atoms with van der Waals surface area (Å²) in [5.74, 6) is 0. The van der Waals surface area contributed by atoms with Crippen molar-refractivity contribution in [1.82, 2.24) is 4.31 Å². The van der Waals surface area contributed by atoms with Crippen LogP contribution in [0.2, 0.25) is 5.02 Å². The average Bonchev–Trinajstić information content (AvgIpc) is 2.27. The second-order valence-electron chi connectivity index (χ2n) is 5.20. The molecule has 0 aromatic heterocycles. The lowest BCUT2D eigenvalue weighted by atomic mass is 9.94. The Morgan fingerprint density at radius 1 is 1.40 bits per heavy atom. The Labute approximate surface area is 140 Å². The van der Waals surface area contributed by atoms with Crippen molar-refractivity contribution in [2.24, 2.45) is 11.1 Å². The van der Waals surface area contributed by atoms with Crippen molar-refractivity contribution in [2.45, 2.75) is 18.7 Å². The number of nitrogens with two attached hydrogens (primary N) is 1. The maximum absolute atomic E-state index is 12.5. The SMILES string of the molecule is CN(CC(C)(C)CN)S(=O)(=O)c1ccc(Cl)cc1Br.Cl. The number of halogens is 3. The van der Waals surface area contributed by atoms with E-state index in [2.05, 4.69) is 15.9 Å². The van der Waals surface area contributed by atoms with E-state index >= 15 is 0 Å². The topological polar surface area (TPSA) is 63.4 Å². The van der Waals surface area contributed by atoms with Gasteiger partial charge < -0.3 is 5.73 Å². The predicted molar refractivity (Wildman–Crippen MR) is 89.1 cm³/mol. The molecule has 0 fully saturated rings. The van der Waals surface area contributed by atoms with Crippen molar-refractivity contribution in [2.75, 3.05) is 20.1 Å². The summed E-state index contributed by atoms with van der Waals surface area (Å²) < 4.78 is 26.7. The van der Waals surface area contributed by atoms with Crippen LogP contribution in [0.1, 0.15) is 13.8 Å². The third-order valence-corrected chi connectivity index (χ3v) is 5.80. The molecule has 0 aliphatic rings. The number of hydrogen-bond acceptors (Lipinski definition) is 3. The summed E-state index contributed by atoms with van der Waals surface area (Å²) in [6.45, 7) is 4.61. The fourth-order valence-corrected chi connectivity index (χ4v) is 4.30. The second kappa shape index (κ2) is 7.42. The second-order valence-corrected chi connectivity index (χ2v) is 8.51. The zero-order valence-corrected chi connectivity index (χ0v) is 15.5. The molecule has 0 radical (unpaired) electrons. The summed E-state index contributed by atoms with van der Waals surface area (Å²) >= 11 is 9.05. The summed E-state index contributed by atoms with van der Waals surface area (Å²) in [7, 11) is -2.01. The van der Waals surface area contributed by atoms with Crippen LogP contribution in [0, 0.1) is 5.41 Å². The molecular formula is C12H19BrCl2N2O2S. The summed E-state index contributed by atoms with van der Waals surface area (Å²) in [6.07, 6.45) is 0. The van der Waals surface area contributed by atoms with Gasteiger partial charge in [-0.2, -0.15) is 0 Å². The minimum atomic E-state index is -3.56. The summed E-state index contributed by atoms with van der Waals surface area (Å²) in [5, 5.41) is 0.482. The van der Waals surface area contributed by atoms with Gasteiger partial charge >= 0.3 is 0 Å². The third kappa shape index (κ3) is 4.86. The lowest BCUT2D eigenvalue weighted by Gasteiger charge is -2.28. The quantitative estimate of drug-likeness (QED) is 0.818. The Balaban J connectivity index is 0.00000361. The third-order valence-electron chi connectivity index (χ3n) is 2.79. The number of nitrogens with zero attached hydrogens (tertiary/aromatic N) is 1. The lowest BCUT2D eigenvalue weighted by Crippen LogP contribution is -2.39. The van der Waals surface area contributed by atoms with Gasteiger partial charge in [0, 0.05) is 23.1 Å². The fourth-order valence-electron chi connectivity index (χ4n) is 1.60. The molecule has 0 bridgehead atoms. The number of rotatable bonds is 5. The zero-order valence-electron chi connectivity index (χ0n) is 11.6. The lowest BCUT2D eigenvalue weighted by molar-refractivity contribution is 0.292. The molecule has 116 valence electrons. The fraction of sp³-hybridized carbons (Fsp3) is 0.500. The molecule has 8 heteroatoms. The van der Waals surface area contributed by atoms with E-state index in [1.165, 1.54) is 10.4 Å². The van der Waals surface area contributed by atoms with Crippen molar-refractivity contribution < 1.29 is 8.42 Å². The molecule has 0 saturated carbocycles. The van der Waals surface area contributed by atoms with E-state index in [4.69, 9.17) is 17.3 Å². The number of benzene rings is 1. The van der Waals surface area contributed by atoms with E-state index in [0.717, 1.165) is 0 Å². The molecule has 0 amide bonds. The van der Waals surface area contributed by atoms with Gasteiger partial charge in [-0.1, -0.05) is 25.4 Å². The molecule has 1 aromatic carbocycles. The van der Waals surface area contributed by atoms with E-state index in [1.54, 1.807) is 19.2 Å².